The lowest BCUT2D eigenvalue weighted by Crippen LogP contribution is -2.35. The van der Waals surface area contributed by atoms with E-state index in [1.807, 2.05) is 12.1 Å². The number of anilines is 1. The molecule has 0 unspecified atom stereocenters. The molecule has 0 amide bonds. The summed E-state index contributed by atoms with van der Waals surface area (Å²) >= 11 is 0. The Bertz CT molecular complexity index is 762. The van der Waals surface area contributed by atoms with Crippen molar-refractivity contribution in [2.24, 2.45) is 5.92 Å². The molecule has 122 valence electrons. The summed E-state index contributed by atoms with van der Waals surface area (Å²) in [4.78, 5) is 16.6. The molecule has 1 fully saturated rings. The molecular weight excluding hydrogens is 304 g/mol. The molecule has 0 radical (unpaired) electrons. The maximum atomic E-state index is 10.9. The van der Waals surface area contributed by atoms with Crippen molar-refractivity contribution in [3.05, 3.63) is 63.8 Å². The highest BCUT2D eigenvalue weighted by atomic mass is 16.6. The summed E-state index contributed by atoms with van der Waals surface area (Å²) in [5, 5.41) is 19.9. The van der Waals surface area contributed by atoms with E-state index in [1.54, 1.807) is 6.07 Å². The second-order valence-electron chi connectivity index (χ2n) is 6.03. The number of nitrogens with zero attached hydrogens (tertiary/aromatic N) is 4. The van der Waals surface area contributed by atoms with E-state index in [9.17, 15) is 10.1 Å². The van der Waals surface area contributed by atoms with Crippen LogP contribution in [0.1, 0.15) is 24.1 Å². The molecule has 1 saturated heterocycles. The first-order chi connectivity index (χ1) is 11.7. The van der Waals surface area contributed by atoms with Crippen LogP contribution >= 0.6 is 0 Å². The topological polar surface area (TPSA) is 83.1 Å². The summed E-state index contributed by atoms with van der Waals surface area (Å²) in [5.74, 6) is 1.28. The highest BCUT2D eigenvalue weighted by Gasteiger charge is 2.23. The van der Waals surface area contributed by atoms with Gasteiger partial charge in [-0.25, -0.2) is 4.98 Å². The van der Waals surface area contributed by atoms with Crippen molar-refractivity contribution in [2.45, 2.75) is 19.3 Å². The molecule has 0 saturated carbocycles. The minimum atomic E-state index is -0.568. The van der Waals surface area contributed by atoms with Crippen LogP contribution in [0.25, 0.3) is 0 Å². The van der Waals surface area contributed by atoms with Gasteiger partial charge in [-0.2, -0.15) is 5.26 Å². The van der Waals surface area contributed by atoms with Crippen LogP contribution in [0.5, 0.6) is 0 Å². The van der Waals surface area contributed by atoms with Crippen LogP contribution in [0.3, 0.4) is 0 Å². The molecule has 0 N–H and O–H groups in total. The van der Waals surface area contributed by atoms with E-state index in [1.165, 1.54) is 11.6 Å². The Morgan fingerprint density at radius 1 is 1.21 bits per heavy atom. The van der Waals surface area contributed by atoms with Gasteiger partial charge in [0.05, 0.1) is 4.92 Å². The van der Waals surface area contributed by atoms with E-state index in [0.717, 1.165) is 32.4 Å². The third kappa shape index (κ3) is 3.51. The van der Waals surface area contributed by atoms with E-state index < -0.39 is 4.92 Å². The van der Waals surface area contributed by atoms with Crippen molar-refractivity contribution >= 4 is 11.5 Å². The van der Waals surface area contributed by atoms with Crippen LogP contribution in [-0.2, 0) is 6.42 Å². The van der Waals surface area contributed by atoms with Gasteiger partial charge in [0.2, 0.25) is 5.69 Å². The smallest absolute Gasteiger partial charge is 0.305 e. The van der Waals surface area contributed by atoms with E-state index in [4.69, 9.17) is 5.26 Å². The van der Waals surface area contributed by atoms with Crippen molar-refractivity contribution in [3.8, 4) is 6.07 Å². The van der Waals surface area contributed by atoms with Crippen molar-refractivity contribution in [3.63, 3.8) is 0 Å². The van der Waals surface area contributed by atoms with Crippen LogP contribution in [0.2, 0.25) is 0 Å². The monoisotopic (exact) mass is 322 g/mol. The predicted molar refractivity (Wildman–Crippen MR) is 90.7 cm³/mol. The van der Waals surface area contributed by atoms with Gasteiger partial charge in [0.25, 0.3) is 0 Å². The molecular formula is C18H18N4O2. The fourth-order valence-corrected chi connectivity index (χ4v) is 3.16. The van der Waals surface area contributed by atoms with Gasteiger partial charge >= 0.3 is 5.69 Å². The second kappa shape index (κ2) is 7.09. The molecule has 3 rings (SSSR count). The number of hydrogen-bond acceptors (Lipinski definition) is 5. The van der Waals surface area contributed by atoms with Gasteiger partial charge in [0.15, 0.2) is 0 Å². The van der Waals surface area contributed by atoms with Gasteiger partial charge in [-0.15, -0.1) is 0 Å². The lowest BCUT2D eigenvalue weighted by Gasteiger charge is -2.32. The highest BCUT2D eigenvalue weighted by molar-refractivity contribution is 5.51. The lowest BCUT2D eigenvalue weighted by atomic mass is 9.90. The Labute approximate surface area is 140 Å². The molecule has 1 aromatic carbocycles. The molecule has 6 heteroatoms. The van der Waals surface area contributed by atoms with Crippen molar-refractivity contribution in [2.75, 3.05) is 18.0 Å². The number of nitriles is 1. The Morgan fingerprint density at radius 2 is 1.92 bits per heavy atom. The number of piperidine rings is 1. The molecule has 0 spiro atoms. The van der Waals surface area contributed by atoms with Gasteiger partial charge in [0.1, 0.15) is 11.9 Å². The summed E-state index contributed by atoms with van der Waals surface area (Å²) in [7, 11) is 0. The van der Waals surface area contributed by atoms with Crippen LogP contribution in [0.15, 0.2) is 42.5 Å². The van der Waals surface area contributed by atoms with Crippen LogP contribution in [0, 0.1) is 27.4 Å². The quantitative estimate of drug-likeness (QED) is 0.637. The molecule has 1 aliphatic heterocycles. The zero-order chi connectivity index (χ0) is 16.9. The first-order valence-electron chi connectivity index (χ1n) is 8.02. The molecule has 0 atom stereocenters. The van der Waals surface area contributed by atoms with Crippen molar-refractivity contribution in [1.29, 1.82) is 5.26 Å². The molecule has 0 bridgehead atoms. The third-order valence-corrected chi connectivity index (χ3v) is 4.47. The maximum Gasteiger partial charge on any atom is 0.305 e. The Kier molecular flexibility index (Phi) is 4.71. The van der Waals surface area contributed by atoms with Gasteiger partial charge in [0, 0.05) is 19.2 Å². The first-order valence-corrected chi connectivity index (χ1v) is 8.02. The largest absolute Gasteiger partial charge is 0.357 e. The van der Waals surface area contributed by atoms with Crippen LogP contribution in [-0.4, -0.2) is 23.0 Å². The molecule has 1 aromatic heterocycles. The zero-order valence-electron chi connectivity index (χ0n) is 13.3. The van der Waals surface area contributed by atoms with Gasteiger partial charge < -0.3 is 4.90 Å². The molecule has 2 aromatic rings. The fraction of sp³-hybridized carbons (Fsp3) is 0.333. The molecule has 2 heterocycles. The van der Waals surface area contributed by atoms with E-state index in [2.05, 4.69) is 34.1 Å². The normalized spacial score (nSPS) is 15.0. The third-order valence-electron chi connectivity index (χ3n) is 4.47. The summed E-state index contributed by atoms with van der Waals surface area (Å²) in [5.41, 5.74) is 1.00. The zero-order valence-corrected chi connectivity index (χ0v) is 13.3. The van der Waals surface area contributed by atoms with E-state index >= 15 is 0 Å². The SMILES string of the molecule is N#Cc1nc(N2CCC(Cc3ccccc3)CC2)ccc1[N+](=O)[O-]. The van der Waals surface area contributed by atoms with Crippen molar-refractivity contribution in [1.82, 2.24) is 4.98 Å². The maximum absolute atomic E-state index is 10.9. The summed E-state index contributed by atoms with van der Waals surface area (Å²) in [6, 6.07) is 15.3. The summed E-state index contributed by atoms with van der Waals surface area (Å²) in [6.07, 6.45) is 3.18. The minimum absolute atomic E-state index is 0.121. The number of nitro groups is 1. The average Bonchev–Trinajstić information content (AvgIpc) is 2.62. The van der Waals surface area contributed by atoms with Gasteiger partial charge in [-0.05, 0) is 36.8 Å². The highest BCUT2D eigenvalue weighted by Crippen LogP contribution is 2.26. The van der Waals surface area contributed by atoms with Gasteiger partial charge in [-0.3, -0.25) is 10.1 Å². The Balaban J connectivity index is 1.64. The molecule has 6 nitrogen and oxygen atoms in total. The first kappa shape index (κ1) is 15.9. The standard InChI is InChI=1S/C18H18N4O2/c19-13-16-17(22(23)24)6-7-18(20-16)21-10-8-15(9-11-21)12-14-4-2-1-3-5-14/h1-7,15H,8-12H2. The Hall–Kier alpha value is -2.94. The number of hydrogen-bond donors (Lipinski definition) is 0. The van der Waals surface area contributed by atoms with E-state index in [0.29, 0.717) is 11.7 Å². The fourth-order valence-electron chi connectivity index (χ4n) is 3.16. The molecule has 0 aliphatic carbocycles. The summed E-state index contributed by atoms with van der Waals surface area (Å²) < 4.78 is 0. The van der Waals surface area contributed by atoms with Gasteiger partial charge in [-0.1, -0.05) is 30.3 Å². The number of benzene rings is 1. The summed E-state index contributed by atoms with van der Waals surface area (Å²) in [6.45, 7) is 1.71. The number of rotatable bonds is 4. The lowest BCUT2D eigenvalue weighted by molar-refractivity contribution is -0.385. The minimum Gasteiger partial charge on any atom is -0.357 e. The molecule has 1 aliphatic rings. The average molecular weight is 322 g/mol. The number of pyridine rings is 1. The van der Waals surface area contributed by atoms with E-state index in [-0.39, 0.29) is 11.4 Å². The molecule has 24 heavy (non-hydrogen) atoms. The van der Waals surface area contributed by atoms with Crippen LogP contribution < -0.4 is 4.90 Å². The predicted octanol–water partition coefficient (Wildman–Crippen LogP) is 3.32. The number of aromatic nitrogens is 1. The van der Waals surface area contributed by atoms with Crippen LogP contribution in [0.4, 0.5) is 11.5 Å². The van der Waals surface area contributed by atoms with Crippen molar-refractivity contribution < 1.29 is 4.92 Å². The second-order valence-corrected chi connectivity index (χ2v) is 6.03. The Morgan fingerprint density at radius 3 is 2.54 bits per heavy atom.